The van der Waals surface area contributed by atoms with E-state index in [1.807, 2.05) is 17.0 Å². The molecule has 1 unspecified atom stereocenters. The van der Waals surface area contributed by atoms with Gasteiger partial charge in [-0.1, -0.05) is 36.4 Å². The third kappa shape index (κ3) is 6.37. The Bertz CT molecular complexity index is 951. The number of fused-ring (bicyclic) bond motifs is 1. The third-order valence-corrected chi connectivity index (χ3v) is 5.80. The molecule has 1 saturated heterocycles. The average Bonchev–Trinajstić information content (AvgIpc) is 2.80. The van der Waals surface area contributed by atoms with E-state index >= 15 is 0 Å². The first-order valence-corrected chi connectivity index (χ1v) is 10.6. The third-order valence-electron chi connectivity index (χ3n) is 5.80. The number of rotatable bonds is 3. The Balaban J connectivity index is 0.000000427. The van der Waals surface area contributed by atoms with E-state index in [1.54, 1.807) is 0 Å². The van der Waals surface area contributed by atoms with E-state index in [1.165, 1.54) is 23.3 Å². The van der Waals surface area contributed by atoms with Crippen LogP contribution in [0.4, 0.5) is 4.39 Å². The molecule has 2 aliphatic heterocycles. The van der Waals surface area contributed by atoms with Crippen molar-refractivity contribution in [2.75, 3.05) is 19.6 Å². The number of piperidine rings is 1. The number of amides is 1. The van der Waals surface area contributed by atoms with Crippen LogP contribution in [0.3, 0.4) is 0 Å². The van der Waals surface area contributed by atoms with Crippen LogP contribution in [0.1, 0.15) is 29.5 Å². The Morgan fingerprint density at radius 2 is 1.59 bits per heavy atom. The normalized spacial score (nSPS) is 18.2. The van der Waals surface area contributed by atoms with Crippen LogP contribution in [-0.4, -0.2) is 57.5 Å². The lowest BCUT2D eigenvalue weighted by molar-refractivity contribution is -0.159. The first-order chi connectivity index (χ1) is 15.3. The molecule has 32 heavy (non-hydrogen) atoms. The van der Waals surface area contributed by atoms with E-state index in [0.717, 1.165) is 57.5 Å². The first kappa shape index (κ1) is 23.4. The quantitative estimate of drug-likeness (QED) is 0.710. The highest BCUT2D eigenvalue weighted by atomic mass is 19.1. The fourth-order valence-corrected chi connectivity index (χ4v) is 4.19. The number of halogens is 1. The number of carboxylic acid groups (broad SMARTS) is 2. The first-order valence-electron chi connectivity index (χ1n) is 10.6. The molecule has 0 aliphatic carbocycles. The molecule has 2 aliphatic rings. The molecule has 0 saturated carbocycles. The van der Waals surface area contributed by atoms with E-state index in [9.17, 15) is 9.18 Å². The zero-order valence-corrected chi connectivity index (χ0v) is 17.7. The number of likely N-dealkylation sites (tertiary alicyclic amines) is 1. The fourth-order valence-electron chi connectivity index (χ4n) is 4.19. The Morgan fingerprint density at radius 1 is 0.938 bits per heavy atom. The van der Waals surface area contributed by atoms with Crippen molar-refractivity contribution in [2.24, 2.45) is 5.92 Å². The highest BCUT2D eigenvalue weighted by Gasteiger charge is 2.30. The summed E-state index contributed by atoms with van der Waals surface area (Å²) in [4.78, 5) is 35.6. The van der Waals surface area contributed by atoms with Crippen LogP contribution in [0.2, 0.25) is 0 Å². The summed E-state index contributed by atoms with van der Waals surface area (Å²) in [6.45, 7) is 4.15. The lowest BCUT2D eigenvalue weighted by Gasteiger charge is -2.36. The minimum absolute atomic E-state index is 0.0782. The molecule has 7 nitrogen and oxygen atoms in total. The summed E-state index contributed by atoms with van der Waals surface area (Å²) >= 11 is 0. The molecule has 0 spiro atoms. The van der Waals surface area contributed by atoms with Crippen molar-refractivity contribution in [1.82, 2.24) is 9.80 Å². The van der Waals surface area contributed by atoms with Crippen LogP contribution in [0, 0.1) is 11.7 Å². The molecule has 1 fully saturated rings. The number of aliphatic carboxylic acids is 2. The summed E-state index contributed by atoms with van der Waals surface area (Å²) in [5.74, 6) is -3.48. The highest BCUT2D eigenvalue weighted by Crippen LogP contribution is 2.25. The molecular weight excluding hydrogens is 415 g/mol. The summed E-state index contributed by atoms with van der Waals surface area (Å²) in [7, 11) is 0. The predicted octanol–water partition coefficient (Wildman–Crippen LogP) is 2.78. The number of hydrogen-bond donors (Lipinski definition) is 2. The van der Waals surface area contributed by atoms with Crippen molar-refractivity contribution >= 4 is 17.8 Å². The molecule has 2 N–H and O–H groups in total. The largest absolute Gasteiger partial charge is 0.473 e. The van der Waals surface area contributed by atoms with Crippen LogP contribution >= 0.6 is 0 Å². The number of benzene rings is 2. The number of carboxylic acids is 2. The van der Waals surface area contributed by atoms with Gasteiger partial charge in [-0.2, -0.15) is 0 Å². The van der Waals surface area contributed by atoms with Crippen LogP contribution in [0.5, 0.6) is 0 Å². The van der Waals surface area contributed by atoms with Gasteiger partial charge in [-0.15, -0.1) is 0 Å². The van der Waals surface area contributed by atoms with Crippen LogP contribution < -0.4 is 0 Å². The second-order valence-electron chi connectivity index (χ2n) is 8.09. The zero-order valence-electron chi connectivity index (χ0n) is 17.7. The smallest absolute Gasteiger partial charge is 0.414 e. The Morgan fingerprint density at radius 3 is 2.25 bits per heavy atom. The van der Waals surface area contributed by atoms with E-state index in [4.69, 9.17) is 19.8 Å². The van der Waals surface area contributed by atoms with Crippen molar-refractivity contribution in [3.8, 4) is 0 Å². The summed E-state index contributed by atoms with van der Waals surface area (Å²) in [5.41, 5.74) is 3.76. The van der Waals surface area contributed by atoms with Gasteiger partial charge in [-0.25, -0.2) is 14.0 Å². The molecule has 0 bridgehead atoms. The van der Waals surface area contributed by atoms with E-state index in [0.29, 0.717) is 5.91 Å². The fraction of sp³-hybridized carbons (Fsp3) is 0.375. The van der Waals surface area contributed by atoms with Crippen molar-refractivity contribution < 1.29 is 29.0 Å². The van der Waals surface area contributed by atoms with Crippen LogP contribution in [0.25, 0.3) is 0 Å². The second kappa shape index (κ2) is 10.9. The minimum Gasteiger partial charge on any atom is -0.473 e. The molecule has 1 amide bonds. The van der Waals surface area contributed by atoms with Crippen molar-refractivity contribution in [3.63, 3.8) is 0 Å². The van der Waals surface area contributed by atoms with E-state index < -0.39 is 11.9 Å². The second-order valence-corrected chi connectivity index (χ2v) is 8.09. The SMILES string of the molecule is O=C(C1CCCN(Cc2ccc(F)cc2)C1)N1CCc2ccccc2C1.O=C(O)C(=O)O. The van der Waals surface area contributed by atoms with Crippen LogP contribution in [0.15, 0.2) is 48.5 Å². The van der Waals surface area contributed by atoms with Crippen LogP contribution in [-0.2, 0) is 33.9 Å². The molecule has 2 heterocycles. The molecule has 0 radical (unpaired) electrons. The van der Waals surface area contributed by atoms with Gasteiger partial charge in [-0.05, 0) is 54.6 Å². The van der Waals surface area contributed by atoms with Gasteiger partial charge < -0.3 is 15.1 Å². The summed E-state index contributed by atoms with van der Waals surface area (Å²) < 4.78 is 13.1. The Labute approximate surface area is 186 Å². The minimum atomic E-state index is -1.82. The number of nitrogens with zero attached hydrogens (tertiary/aromatic N) is 2. The van der Waals surface area contributed by atoms with E-state index in [2.05, 4.69) is 29.2 Å². The van der Waals surface area contributed by atoms with Gasteiger partial charge in [0.2, 0.25) is 5.91 Å². The molecule has 4 rings (SSSR count). The van der Waals surface area contributed by atoms with Crippen molar-refractivity contribution in [1.29, 1.82) is 0 Å². The molecule has 1 atom stereocenters. The average molecular weight is 442 g/mol. The molecule has 2 aromatic rings. The lowest BCUT2D eigenvalue weighted by Crippen LogP contribution is -2.46. The topological polar surface area (TPSA) is 98.2 Å². The Kier molecular flexibility index (Phi) is 7.94. The lowest BCUT2D eigenvalue weighted by atomic mass is 9.93. The van der Waals surface area contributed by atoms with Crippen molar-refractivity contribution in [2.45, 2.75) is 32.4 Å². The summed E-state index contributed by atoms with van der Waals surface area (Å²) in [5, 5.41) is 14.8. The monoisotopic (exact) mass is 442 g/mol. The Hall–Kier alpha value is -3.26. The molecule has 0 aromatic heterocycles. The molecule has 8 heteroatoms. The van der Waals surface area contributed by atoms with Crippen molar-refractivity contribution in [3.05, 3.63) is 71.0 Å². The number of carbonyl (C=O) groups is 3. The van der Waals surface area contributed by atoms with Gasteiger partial charge in [0.05, 0.1) is 5.92 Å². The van der Waals surface area contributed by atoms with Gasteiger partial charge >= 0.3 is 11.9 Å². The maximum Gasteiger partial charge on any atom is 0.414 e. The van der Waals surface area contributed by atoms with Gasteiger partial charge in [0.1, 0.15) is 5.82 Å². The highest BCUT2D eigenvalue weighted by molar-refractivity contribution is 6.27. The van der Waals surface area contributed by atoms with Gasteiger partial charge in [0.25, 0.3) is 0 Å². The maximum atomic E-state index is 13.1. The summed E-state index contributed by atoms with van der Waals surface area (Å²) in [6.07, 6.45) is 2.97. The molecule has 170 valence electrons. The number of carbonyl (C=O) groups excluding carboxylic acids is 1. The standard InChI is InChI=1S/C22H25FN2O.C2H2O4/c23-21-9-7-17(8-10-21)14-24-12-3-6-20(15-24)22(26)25-13-11-18-4-1-2-5-19(18)16-25;3-1(4)2(5)6/h1-2,4-5,7-10,20H,3,6,11-16H2;(H,3,4)(H,5,6). The zero-order chi connectivity index (χ0) is 23.1. The predicted molar refractivity (Wildman–Crippen MR) is 115 cm³/mol. The molecular formula is C24H27FN2O5. The maximum absolute atomic E-state index is 13.1. The number of hydrogen-bond acceptors (Lipinski definition) is 4. The summed E-state index contributed by atoms with van der Waals surface area (Å²) in [6, 6.07) is 15.1. The van der Waals surface area contributed by atoms with Gasteiger partial charge in [0, 0.05) is 26.2 Å². The molecule has 2 aromatic carbocycles. The van der Waals surface area contributed by atoms with E-state index in [-0.39, 0.29) is 11.7 Å². The van der Waals surface area contributed by atoms with Gasteiger partial charge in [-0.3, -0.25) is 9.69 Å². The van der Waals surface area contributed by atoms with Gasteiger partial charge in [0.15, 0.2) is 0 Å².